The fraction of sp³-hybridized carbons (Fsp3) is 0.0741. The predicted octanol–water partition coefficient (Wildman–Crippen LogP) is 5.77. The van der Waals surface area contributed by atoms with Crippen LogP contribution in [-0.2, 0) is 6.42 Å². The molecular weight excluding hydrogens is 410 g/mol. The van der Waals surface area contributed by atoms with Crippen molar-refractivity contribution in [3.8, 4) is 39.8 Å². The Morgan fingerprint density at radius 2 is 1.42 bits per heavy atom. The fourth-order valence-corrected chi connectivity index (χ4v) is 4.47. The molecule has 0 atom stereocenters. The van der Waals surface area contributed by atoms with E-state index in [-0.39, 0.29) is 0 Å². The van der Waals surface area contributed by atoms with Gasteiger partial charge in [0.25, 0.3) is 0 Å². The zero-order chi connectivity index (χ0) is 21.8. The largest absolute Gasteiger partial charge is 0.493 e. The third-order valence-electron chi connectivity index (χ3n) is 6.17. The first kappa shape index (κ1) is 18.2. The van der Waals surface area contributed by atoms with Crippen LogP contribution in [-0.4, -0.2) is 31.5 Å². The second kappa shape index (κ2) is 7.03. The first-order chi connectivity index (χ1) is 16.3. The lowest BCUT2D eigenvalue weighted by atomic mass is 10.0. The van der Waals surface area contributed by atoms with E-state index < -0.39 is 0 Å². The third-order valence-corrected chi connectivity index (χ3v) is 6.17. The Labute approximate surface area is 189 Å². The van der Waals surface area contributed by atoms with Gasteiger partial charge in [-0.2, -0.15) is 0 Å². The Kier molecular flexibility index (Phi) is 3.87. The van der Waals surface area contributed by atoms with Crippen LogP contribution < -0.4 is 4.74 Å². The maximum absolute atomic E-state index is 5.63. The molecule has 0 saturated carbocycles. The van der Waals surface area contributed by atoms with Gasteiger partial charge >= 0.3 is 0 Å². The van der Waals surface area contributed by atoms with Crippen LogP contribution in [0.2, 0.25) is 0 Å². The number of fused-ring (bicyclic) bond motifs is 3. The molecule has 1 aliphatic rings. The van der Waals surface area contributed by atoms with Crippen molar-refractivity contribution in [2.45, 2.75) is 6.42 Å². The molecule has 3 aromatic carbocycles. The maximum Gasteiger partial charge on any atom is 0.157 e. The number of nitrogens with zero attached hydrogens (tertiary/aromatic N) is 3. The van der Waals surface area contributed by atoms with E-state index in [1.54, 1.807) is 6.20 Å². The first-order valence-corrected chi connectivity index (χ1v) is 11.0. The van der Waals surface area contributed by atoms with Gasteiger partial charge in [0.1, 0.15) is 17.3 Å². The first-order valence-electron chi connectivity index (χ1n) is 11.0. The Morgan fingerprint density at radius 3 is 2.18 bits per heavy atom. The molecule has 0 bridgehead atoms. The number of imidazole rings is 2. The van der Waals surface area contributed by atoms with Gasteiger partial charge in [0, 0.05) is 18.2 Å². The Balaban J connectivity index is 1.26. The molecule has 0 spiro atoms. The minimum absolute atomic E-state index is 0.756. The summed E-state index contributed by atoms with van der Waals surface area (Å²) in [5.74, 6) is 2.63. The number of ether oxygens (including phenoxy) is 1. The van der Waals surface area contributed by atoms with Gasteiger partial charge in [0.15, 0.2) is 5.82 Å². The number of benzene rings is 3. The molecule has 7 rings (SSSR count). The number of aromatic amines is 2. The van der Waals surface area contributed by atoms with Crippen molar-refractivity contribution in [3.63, 3.8) is 0 Å². The van der Waals surface area contributed by atoms with E-state index in [1.807, 2.05) is 30.3 Å². The lowest BCUT2D eigenvalue weighted by molar-refractivity contribution is 0.357. The highest BCUT2D eigenvalue weighted by Gasteiger charge is 2.15. The second-order valence-electron chi connectivity index (χ2n) is 8.27. The summed E-state index contributed by atoms with van der Waals surface area (Å²) in [5, 5.41) is 0. The van der Waals surface area contributed by atoms with Crippen molar-refractivity contribution in [1.82, 2.24) is 24.9 Å². The molecule has 0 aliphatic carbocycles. The molecule has 33 heavy (non-hydrogen) atoms. The molecule has 1 aliphatic heterocycles. The number of nitrogens with one attached hydrogen (secondary N) is 2. The number of H-pyrrole nitrogens is 2. The summed E-state index contributed by atoms with van der Waals surface area (Å²) in [6.07, 6.45) is 2.73. The van der Waals surface area contributed by atoms with Crippen molar-refractivity contribution in [2.75, 3.05) is 6.61 Å². The van der Waals surface area contributed by atoms with Crippen LogP contribution in [0.25, 0.3) is 56.1 Å². The molecule has 0 amide bonds. The highest BCUT2D eigenvalue weighted by molar-refractivity contribution is 5.88. The minimum Gasteiger partial charge on any atom is -0.493 e. The van der Waals surface area contributed by atoms with Gasteiger partial charge in [-0.25, -0.2) is 9.97 Å². The lowest BCUT2D eigenvalue weighted by Crippen LogP contribution is -1.85. The number of aromatic nitrogens is 5. The summed E-state index contributed by atoms with van der Waals surface area (Å²) in [5.41, 5.74) is 9.26. The molecule has 0 radical (unpaired) electrons. The number of pyridine rings is 1. The van der Waals surface area contributed by atoms with Gasteiger partial charge in [0.05, 0.1) is 28.7 Å². The van der Waals surface area contributed by atoms with Crippen molar-refractivity contribution in [1.29, 1.82) is 0 Å². The summed E-state index contributed by atoms with van der Waals surface area (Å²) >= 11 is 0. The summed E-state index contributed by atoms with van der Waals surface area (Å²) in [6, 6.07) is 24.7. The highest BCUT2D eigenvalue weighted by Crippen LogP contribution is 2.32. The van der Waals surface area contributed by atoms with E-state index in [4.69, 9.17) is 9.72 Å². The van der Waals surface area contributed by atoms with Crippen molar-refractivity contribution >= 4 is 22.1 Å². The summed E-state index contributed by atoms with van der Waals surface area (Å²) in [6.45, 7) is 0.756. The van der Waals surface area contributed by atoms with Crippen molar-refractivity contribution in [3.05, 3.63) is 84.6 Å². The maximum atomic E-state index is 5.63. The standard InChI is InChI=1S/C27H19N5O/c1-2-11-28-22(3-1)27-30-21-8-5-17(15-24(21)32-27)16-4-7-20-23(14-16)31-26(29-20)19-6-9-25-18(13-19)10-12-33-25/h1-9,11,13-15H,10,12H2,(H,29,31)(H,30,32). The number of hydrogen-bond acceptors (Lipinski definition) is 4. The van der Waals surface area contributed by atoms with Crippen LogP contribution in [0.15, 0.2) is 79.0 Å². The van der Waals surface area contributed by atoms with Crippen molar-refractivity contribution in [2.24, 2.45) is 0 Å². The second-order valence-corrected chi connectivity index (χ2v) is 8.27. The molecule has 0 fully saturated rings. The summed E-state index contributed by atoms with van der Waals surface area (Å²) in [7, 11) is 0. The van der Waals surface area contributed by atoms with Gasteiger partial charge in [-0.05, 0) is 71.3 Å². The normalized spacial score (nSPS) is 12.8. The number of rotatable bonds is 3. The molecule has 0 saturated heterocycles. The van der Waals surface area contributed by atoms with Crippen LogP contribution in [0.4, 0.5) is 0 Å². The molecule has 2 N–H and O–H groups in total. The molecule has 3 aromatic heterocycles. The molecule has 4 heterocycles. The molecule has 158 valence electrons. The van der Waals surface area contributed by atoms with Gasteiger partial charge in [0.2, 0.25) is 0 Å². The van der Waals surface area contributed by atoms with E-state index in [0.29, 0.717) is 0 Å². The van der Waals surface area contributed by atoms with Crippen LogP contribution in [0.3, 0.4) is 0 Å². The smallest absolute Gasteiger partial charge is 0.157 e. The van der Waals surface area contributed by atoms with Gasteiger partial charge in [-0.3, -0.25) is 4.98 Å². The molecule has 6 heteroatoms. The molecular formula is C27H19N5O. The van der Waals surface area contributed by atoms with E-state index in [2.05, 4.69) is 62.4 Å². The minimum atomic E-state index is 0.756. The van der Waals surface area contributed by atoms with Gasteiger partial charge < -0.3 is 14.7 Å². The zero-order valence-electron chi connectivity index (χ0n) is 17.7. The summed E-state index contributed by atoms with van der Waals surface area (Å²) < 4.78 is 5.63. The SMILES string of the molecule is c1ccc(-c2nc3ccc(-c4ccc5nc(-c6ccc7c(c6)CCO7)[nH]c5c4)cc3[nH]2)nc1. The quantitative estimate of drug-likeness (QED) is 0.374. The summed E-state index contributed by atoms with van der Waals surface area (Å²) in [4.78, 5) is 20.8. The Hall–Kier alpha value is -4.45. The van der Waals surface area contributed by atoms with E-state index in [0.717, 1.165) is 74.9 Å². The lowest BCUT2D eigenvalue weighted by Gasteiger charge is -2.02. The van der Waals surface area contributed by atoms with Gasteiger partial charge in [-0.1, -0.05) is 18.2 Å². The highest BCUT2D eigenvalue weighted by atomic mass is 16.5. The van der Waals surface area contributed by atoms with E-state index >= 15 is 0 Å². The number of hydrogen-bond donors (Lipinski definition) is 2. The molecule has 6 aromatic rings. The third kappa shape index (κ3) is 3.07. The fourth-order valence-electron chi connectivity index (χ4n) is 4.47. The van der Waals surface area contributed by atoms with Crippen LogP contribution >= 0.6 is 0 Å². The van der Waals surface area contributed by atoms with Gasteiger partial charge in [-0.15, -0.1) is 0 Å². The monoisotopic (exact) mass is 429 g/mol. The van der Waals surface area contributed by atoms with Crippen LogP contribution in [0, 0.1) is 0 Å². The zero-order valence-corrected chi connectivity index (χ0v) is 17.7. The van der Waals surface area contributed by atoms with Crippen LogP contribution in [0.1, 0.15) is 5.56 Å². The topological polar surface area (TPSA) is 79.5 Å². The Morgan fingerprint density at radius 1 is 0.697 bits per heavy atom. The van der Waals surface area contributed by atoms with E-state index in [9.17, 15) is 0 Å². The average Bonchev–Trinajstić information content (AvgIpc) is 3.60. The van der Waals surface area contributed by atoms with Crippen LogP contribution in [0.5, 0.6) is 5.75 Å². The van der Waals surface area contributed by atoms with Crippen molar-refractivity contribution < 1.29 is 4.74 Å². The Bertz CT molecular complexity index is 1650. The molecule has 0 unspecified atom stereocenters. The van der Waals surface area contributed by atoms with E-state index in [1.165, 1.54) is 5.56 Å². The predicted molar refractivity (Wildman–Crippen MR) is 129 cm³/mol. The average molecular weight is 429 g/mol. The molecule has 6 nitrogen and oxygen atoms in total.